The molecule has 1 aliphatic rings. The van der Waals surface area contributed by atoms with E-state index >= 15 is 0 Å². The molecule has 4 nitrogen and oxygen atoms in total. The maximum Gasteiger partial charge on any atom is 0.419 e. The summed E-state index contributed by atoms with van der Waals surface area (Å²) in [6, 6.07) is 14.4. The molecule has 0 aliphatic carbocycles. The number of imide groups is 1. The van der Waals surface area contributed by atoms with Crippen molar-refractivity contribution in [3.8, 4) is 0 Å². The van der Waals surface area contributed by atoms with E-state index < -0.39 is 12.0 Å². The third kappa shape index (κ3) is 3.12. The van der Waals surface area contributed by atoms with Crippen molar-refractivity contribution in [1.29, 1.82) is 0 Å². The molecule has 0 radical (unpaired) electrons. The van der Waals surface area contributed by atoms with Gasteiger partial charge in [-0.15, -0.1) is 0 Å². The number of amides is 2. The zero-order chi connectivity index (χ0) is 15.4. The standard InChI is InChI=1S/C18H13NO3/c20-17-16(22-18(21)19-17)9-3-1-2-6-13-10-11-14-7-4-5-8-15(14)12-13/h1-12H,(H,19,20,21)/b3-1+,6-2+,16-9+. The number of carbonyl (C=O) groups excluding carboxylic acids is 2. The zero-order valence-corrected chi connectivity index (χ0v) is 11.7. The molecule has 2 aromatic carbocycles. The average Bonchev–Trinajstić information content (AvgIpc) is 2.84. The van der Waals surface area contributed by atoms with Gasteiger partial charge in [0.1, 0.15) is 0 Å². The number of rotatable bonds is 3. The molecular weight excluding hydrogens is 278 g/mol. The van der Waals surface area contributed by atoms with Crippen molar-refractivity contribution in [3.05, 3.63) is 78.1 Å². The first-order chi connectivity index (χ1) is 10.7. The SMILES string of the molecule is O=C1NC(=O)\C(=C/C=C/C=C/c2ccc3ccccc3c2)O1. The second-order valence-electron chi connectivity index (χ2n) is 4.73. The van der Waals surface area contributed by atoms with Crippen LogP contribution in [0.5, 0.6) is 0 Å². The van der Waals surface area contributed by atoms with Crippen molar-refractivity contribution in [1.82, 2.24) is 5.32 Å². The number of hydrogen-bond donors (Lipinski definition) is 1. The van der Waals surface area contributed by atoms with Gasteiger partial charge in [0.05, 0.1) is 0 Å². The minimum Gasteiger partial charge on any atom is -0.404 e. The van der Waals surface area contributed by atoms with Crippen molar-refractivity contribution >= 4 is 28.8 Å². The van der Waals surface area contributed by atoms with Crippen molar-refractivity contribution in [3.63, 3.8) is 0 Å². The molecule has 0 aromatic heterocycles. The zero-order valence-electron chi connectivity index (χ0n) is 11.7. The van der Waals surface area contributed by atoms with Crippen LogP contribution in [0.15, 0.2) is 72.5 Å². The molecule has 3 rings (SSSR count). The Balaban J connectivity index is 1.68. The minimum absolute atomic E-state index is 0.000329. The summed E-state index contributed by atoms with van der Waals surface area (Å²) in [6.45, 7) is 0. The molecular formula is C18H13NO3. The quantitative estimate of drug-likeness (QED) is 0.695. The van der Waals surface area contributed by atoms with Crippen LogP contribution >= 0.6 is 0 Å². The van der Waals surface area contributed by atoms with E-state index in [0.717, 1.165) is 5.56 Å². The van der Waals surface area contributed by atoms with Crippen LogP contribution in [0.4, 0.5) is 4.79 Å². The number of carbonyl (C=O) groups is 2. The first kappa shape index (κ1) is 13.8. The Morgan fingerprint density at radius 1 is 0.909 bits per heavy atom. The fourth-order valence-corrected chi connectivity index (χ4v) is 2.12. The molecule has 1 fully saturated rings. The van der Waals surface area contributed by atoms with Crippen molar-refractivity contribution in [2.24, 2.45) is 0 Å². The fourth-order valence-electron chi connectivity index (χ4n) is 2.12. The lowest BCUT2D eigenvalue weighted by molar-refractivity contribution is -0.116. The number of hydrogen-bond acceptors (Lipinski definition) is 3. The van der Waals surface area contributed by atoms with E-state index in [2.05, 4.69) is 29.0 Å². The first-order valence-corrected chi connectivity index (χ1v) is 6.79. The van der Waals surface area contributed by atoms with E-state index in [-0.39, 0.29) is 5.76 Å². The lowest BCUT2D eigenvalue weighted by Gasteiger charge is -1.98. The lowest BCUT2D eigenvalue weighted by atomic mass is 10.1. The van der Waals surface area contributed by atoms with Gasteiger partial charge in [-0.25, -0.2) is 4.79 Å². The highest BCUT2D eigenvalue weighted by atomic mass is 16.6. The van der Waals surface area contributed by atoms with Gasteiger partial charge < -0.3 is 4.74 Å². The van der Waals surface area contributed by atoms with E-state index in [0.29, 0.717) is 0 Å². The summed E-state index contributed by atoms with van der Waals surface area (Å²) >= 11 is 0. The van der Waals surface area contributed by atoms with Crippen LogP contribution in [0.3, 0.4) is 0 Å². The van der Waals surface area contributed by atoms with Crippen LogP contribution in [0.25, 0.3) is 16.8 Å². The van der Waals surface area contributed by atoms with Crippen LogP contribution < -0.4 is 5.32 Å². The Kier molecular flexibility index (Phi) is 3.83. The smallest absolute Gasteiger partial charge is 0.404 e. The number of alkyl carbamates (subject to hydrolysis) is 1. The van der Waals surface area contributed by atoms with Crippen LogP contribution in [0.1, 0.15) is 5.56 Å². The molecule has 1 heterocycles. The molecule has 0 spiro atoms. The highest BCUT2D eigenvalue weighted by Crippen LogP contribution is 2.16. The molecule has 0 saturated carbocycles. The van der Waals surface area contributed by atoms with E-state index in [9.17, 15) is 9.59 Å². The van der Waals surface area contributed by atoms with E-state index in [1.54, 1.807) is 12.2 Å². The summed E-state index contributed by atoms with van der Waals surface area (Å²) in [4.78, 5) is 22.0. The summed E-state index contributed by atoms with van der Waals surface area (Å²) in [5.41, 5.74) is 1.08. The summed E-state index contributed by atoms with van der Waals surface area (Å²) < 4.78 is 4.67. The maximum absolute atomic E-state index is 11.2. The maximum atomic E-state index is 11.2. The van der Waals surface area contributed by atoms with Gasteiger partial charge in [0.2, 0.25) is 0 Å². The van der Waals surface area contributed by atoms with Crippen LogP contribution in [0, 0.1) is 0 Å². The van der Waals surface area contributed by atoms with Crippen molar-refractivity contribution < 1.29 is 14.3 Å². The number of ether oxygens (including phenoxy) is 1. The Hall–Kier alpha value is -3.14. The Labute approximate surface area is 127 Å². The molecule has 1 saturated heterocycles. The molecule has 0 atom stereocenters. The van der Waals surface area contributed by atoms with Crippen molar-refractivity contribution in [2.75, 3.05) is 0 Å². The normalized spacial score (nSPS) is 16.8. The summed E-state index contributed by atoms with van der Waals surface area (Å²) in [6.07, 6.45) is 7.94. The molecule has 4 heteroatoms. The first-order valence-electron chi connectivity index (χ1n) is 6.79. The fraction of sp³-hybridized carbons (Fsp3) is 0. The third-order valence-electron chi connectivity index (χ3n) is 3.17. The number of cyclic esters (lactones) is 1. The molecule has 2 amide bonds. The van der Waals surface area contributed by atoms with Gasteiger partial charge in [-0.3, -0.25) is 10.1 Å². The molecule has 0 bridgehead atoms. The molecule has 108 valence electrons. The Morgan fingerprint density at radius 3 is 2.50 bits per heavy atom. The van der Waals surface area contributed by atoms with Gasteiger partial charge in [0.15, 0.2) is 5.76 Å². The monoisotopic (exact) mass is 291 g/mol. The van der Waals surface area contributed by atoms with Gasteiger partial charge in [0.25, 0.3) is 5.91 Å². The van der Waals surface area contributed by atoms with Crippen LogP contribution in [-0.4, -0.2) is 12.0 Å². The molecule has 2 aromatic rings. The Morgan fingerprint density at radius 2 is 1.73 bits per heavy atom. The summed E-state index contributed by atoms with van der Waals surface area (Å²) in [5, 5.41) is 4.42. The largest absolute Gasteiger partial charge is 0.419 e. The predicted octanol–water partition coefficient (Wildman–Crippen LogP) is 3.56. The average molecular weight is 291 g/mol. The highest BCUT2D eigenvalue weighted by molar-refractivity contribution is 6.07. The van der Waals surface area contributed by atoms with Gasteiger partial charge in [-0.2, -0.15) is 0 Å². The molecule has 0 unspecified atom stereocenters. The lowest BCUT2D eigenvalue weighted by Crippen LogP contribution is -2.18. The van der Waals surface area contributed by atoms with E-state index in [4.69, 9.17) is 0 Å². The second kappa shape index (κ2) is 6.10. The van der Waals surface area contributed by atoms with Gasteiger partial charge in [0, 0.05) is 0 Å². The van der Waals surface area contributed by atoms with Gasteiger partial charge in [-0.05, 0) is 28.5 Å². The topological polar surface area (TPSA) is 55.4 Å². The van der Waals surface area contributed by atoms with Crippen molar-refractivity contribution in [2.45, 2.75) is 0 Å². The van der Waals surface area contributed by atoms with Gasteiger partial charge >= 0.3 is 6.09 Å². The van der Waals surface area contributed by atoms with Gasteiger partial charge in [-0.1, -0.05) is 60.7 Å². The number of nitrogens with one attached hydrogen (secondary N) is 1. The Bertz CT molecular complexity index is 831. The van der Waals surface area contributed by atoms with Crippen LogP contribution in [0.2, 0.25) is 0 Å². The molecule has 1 aliphatic heterocycles. The molecule has 1 N–H and O–H groups in total. The van der Waals surface area contributed by atoms with E-state index in [1.807, 2.05) is 35.7 Å². The van der Waals surface area contributed by atoms with Crippen LogP contribution in [-0.2, 0) is 9.53 Å². The van der Waals surface area contributed by atoms with E-state index in [1.165, 1.54) is 16.8 Å². The summed E-state index contributed by atoms with van der Waals surface area (Å²) in [5.74, 6) is -0.520. The third-order valence-corrected chi connectivity index (χ3v) is 3.17. The highest BCUT2D eigenvalue weighted by Gasteiger charge is 2.24. The summed E-state index contributed by atoms with van der Waals surface area (Å²) in [7, 11) is 0. The molecule has 22 heavy (non-hydrogen) atoms. The minimum atomic E-state index is -0.739. The second-order valence-corrected chi connectivity index (χ2v) is 4.73. The number of allylic oxidation sites excluding steroid dienone is 4. The number of fused-ring (bicyclic) bond motifs is 1. The number of benzene rings is 2. The predicted molar refractivity (Wildman–Crippen MR) is 84.8 cm³/mol.